The van der Waals surface area contributed by atoms with Crippen LogP contribution in [0.25, 0.3) is 0 Å². The van der Waals surface area contributed by atoms with Crippen molar-refractivity contribution in [1.82, 2.24) is 0 Å². The van der Waals surface area contributed by atoms with Gasteiger partial charge in [0.05, 0.1) is 5.92 Å². The van der Waals surface area contributed by atoms with Gasteiger partial charge in [0.25, 0.3) is 0 Å². The van der Waals surface area contributed by atoms with Gasteiger partial charge >= 0.3 is 5.97 Å². The number of alkyl halides is 2. The molecule has 0 unspecified atom stereocenters. The maximum Gasteiger partial charge on any atom is 0.310 e. The van der Waals surface area contributed by atoms with Crippen LogP contribution in [-0.4, -0.2) is 29.6 Å². The predicted molar refractivity (Wildman–Crippen MR) is 56.0 cm³/mol. The zero-order valence-electron chi connectivity index (χ0n) is 9.79. The zero-order chi connectivity index (χ0) is 13.3. The van der Waals surface area contributed by atoms with Gasteiger partial charge in [-0.2, -0.15) is 0 Å². The summed E-state index contributed by atoms with van der Waals surface area (Å²) in [5.74, 6) is -4.82. The molecule has 0 aromatic heterocycles. The minimum atomic E-state index is -2.71. The van der Waals surface area contributed by atoms with Crippen LogP contribution < -0.4 is 0 Å². The van der Waals surface area contributed by atoms with Crippen LogP contribution in [0.3, 0.4) is 0 Å². The Morgan fingerprint density at radius 3 is 2.11 bits per heavy atom. The highest BCUT2D eigenvalue weighted by Crippen LogP contribution is 2.36. The number of rotatable bonds is 2. The maximum atomic E-state index is 12.9. The molecule has 6 heteroatoms. The van der Waals surface area contributed by atoms with Crippen molar-refractivity contribution in [2.24, 2.45) is 5.92 Å². The first-order valence-corrected chi connectivity index (χ1v) is 6.03. The minimum Gasteiger partial charge on any atom is -0.446 e. The van der Waals surface area contributed by atoms with E-state index in [1.54, 1.807) is 0 Å². The zero-order valence-corrected chi connectivity index (χ0v) is 9.79. The average Bonchev–Trinajstić information content (AvgIpc) is 2.60. The summed E-state index contributed by atoms with van der Waals surface area (Å²) in [6.07, 6.45) is -1.71. The Kier molecular flexibility index (Phi) is 3.45. The number of hydrogen-bond donors (Lipinski definition) is 0. The third-order valence-electron chi connectivity index (χ3n) is 3.49. The molecule has 100 valence electrons. The highest BCUT2D eigenvalue weighted by Gasteiger charge is 2.41. The fourth-order valence-corrected chi connectivity index (χ4v) is 2.31. The number of carbonyl (C=O) groups excluding carboxylic acids is 3. The van der Waals surface area contributed by atoms with Crippen molar-refractivity contribution in [3.63, 3.8) is 0 Å². The first-order valence-electron chi connectivity index (χ1n) is 6.03. The van der Waals surface area contributed by atoms with Gasteiger partial charge in [-0.25, -0.2) is 8.78 Å². The molecule has 2 saturated carbocycles. The lowest BCUT2D eigenvalue weighted by atomic mass is 9.87. The van der Waals surface area contributed by atoms with Gasteiger partial charge in [-0.1, -0.05) is 0 Å². The molecule has 18 heavy (non-hydrogen) atoms. The number of halogens is 2. The van der Waals surface area contributed by atoms with E-state index in [0.29, 0.717) is 0 Å². The van der Waals surface area contributed by atoms with Crippen LogP contribution in [0, 0.1) is 5.92 Å². The monoisotopic (exact) mass is 260 g/mol. The third kappa shape index (κ3) is 2.73. The number of ketones is 2. The highest BCUT2D eigenvalue weighted by atomic mass is 19.3. The van der Waals surface area contributed by atoms with Crippen LogP contribution in [0.15, 0.2) is 0 Å². The maximum absolute atomic E-state index is 12.9. The Morgan fingerprint density at radius 2 is 1.61 bits per heavy atom. The van der Waals surface area contributed by atoms with Gasteiger partial charge in [-0.15, -0.1) is 0 Å². The van der Waals surface area contributed by atoms with Crippen molar-refractivity contribution in [2.45, 2.75) is 50.6 Å². The van der Waals surface area contributed by atoms with E-state index in [9.17, 15) is 23.2 Å². The summed E-state index contributed by atoms with van der Waals surface area (Å²) in [4.78, 5) is 34.3. The third-order valence-corrected chi connectivity index (χ3v) is 3.49. The van der Waals surface area contributed by atoms with Gasteiger partial charge in [0.15, 0.2) is 11.6 Å². The fraction of sp³-hybridized carbons (Fsp3) is 0.750. The summed E-state index contributed by atoms with van der Waals surface area (Å²) < 4.78 is 30.7. The topological polar surface area (TPSA) is 60.4 Å². The molecule has 0 aliphatic heterocycles. The molecule has 0 saturated heterocycles. The normalized spacial score (nSPS) is 25.4. The van der Waals surface area contributed by atoms with Gasteiger partial charge in [0.1, 0.15) is 0 Å². The summed E-state index contributed by atoms with van der Waals surface area (Å²) >= 11 is 0. The Labute approximate surface area is 103 Å². The van der Waals surface area contributed by atoms with Crippen LogP contribution >= 0.6 is 0 Å². The van der Waals surface area contributed by atoms with E-state index in [-0.39, 0.29) is 38.5 Å². The van der Waals surface area contributed by atoms with Gasteiger partial charge in [0, 0.05) is 25.7 Å². The second-order valence-electron chi connectivity index (χ2n) is 4.88. The van der Waals surface area contributed by atoms with Gasteiger partial charge in [0.2, 0.25) is 12.0 Å². The van der Waals surface area contributed by atoms with Crippen LogP contribution in [0.1, 0.15) is 38.5 Å². The van der Waals surface area contributed by atoms with Crippen LogP contribution in [-0.2, 0) is 19.1 Å². The second-order valence-corrected chi connectivity index (χ2v) is 4.88. The Balaban J connectivity index is 1.89. The second kappa shape index (κ2) is 4.74. The SMILES string of the molecule is O=C(OC1C(=O)CCC1=O)C1CCC(F)(F)CC1. The summed E-state index contributed by atoms with van der Waals surface area (Å²) in [6.45, 7) is 0. The summed E-state index contributed by atoms with van der Waals surface area (Å²) in [5, 5.41) is 0. The number of esters is 1. The van der Waals surface area contributed by atoms with Crippen molar-refractivity contribution < 1.29 is 27.9 Å². The molecule has 0 aromatic rings. The van der Waals surface area contributed by atoms with Gasteiger partial charge < -0.3 is 4.74 Å². The van der Waals surface area contributed by atoms with E-state index in [0.717, 1.165) is 0 Å². The molecule has 0 N–H and O–H groups in total. The van der Waals surface area contributed by atoms with Crippen molar-refractivity contribution in [2.75, 3.05) is 0 Å². The smallest absolute Gasteiger partial charge is 0.310 e. The summed E-state index contributed by atoms with van der Waals surface area (Å²) in [5.41, 5.74) is 0. The molecule has 0 aromatic carbocycles. The Bertz CT molecular complexity index is 366. The molecule has 0 atom stereocenters. The van der Waals surface area contributed by atoms with E-state index in [2.05, 4.69) is 0 Å². The molecule has 0 heterocycles. The summed E-state index contributed by atoms with van der Waals surface area (Å²) in [7, 11) is 0. The van der Waals surface area contributed by atoms with E-state index < -0.39 is 35.5 Å². The quantitative estimate of drug-likeness (QED) is 0.559. The Hall–Kier alpha value is -1.33. The molecule has 2 rings (SSSR count). The predicted octanol–water partition coefficient (Wildman–Crippen LogP) is 1.66. The molecule has 4 nitrogen and oxygen atoms in total. The number of carbonyl (C=O) groups is 3. The van der Waals surface area contributed by atoms with Crippen LogP contribution in [0.5, 0.6) is 0 Å². The molecule has 2 fully saturated rings. The van der Waals surface area contributed by atoms with Crippen molar-refractivity contribution in [1.29, 1.82) is 0 Å². The van der Waals surface area contributed by atoms with Gasteiger partial charge in [-0.3, -0.25) is 14.4 Å². The lowest BCUT2D eigenvalue weighted by Crippen LogP contribution is -2.34. The first kappa shape index (κ1) is 13.1. The standard InChI is InChI=1S/C12H14F2O4/c13-12(14)5-3-7(4-6-12)11(17)18-10-8(15)1-2-9(10)16/h7,10H,1-6H2. The van der Waals surface area contributed by atoms with E-state index in [1.807, 2.05) is 0 Å². The van der Waals surface area contributed by atoms with Crippen LogP contribution in [0.2, 0.25) is 0 Å². The van der Waals surface area contributed by atoms with Gasteiger partial charge in [-0.05, 0) is 12.8 Å². The fourth-order valence-electron chi connectivity index (χ4n) is 2.31. The molecular weight excluding hydrogens is 246 g/mol. The van der Waals surface area contributed by atoms with E-state index >= 15 is 0 Å². The molecule has 0 radical (unpaired) electrons. The van der Waals surface area contributed by atoms with Crippen LogP contribution in [0.4, 0.5) is 8.78 Å². The number of Topliss-reactive ketones (excluding diaryl/α,β-unsaturated/α-hetero) is 2. The van der Waals surface area contributed by atoms with Crippen molar-refractivity contribution in [3.05, 3.63) is 0 Å². The average molecular weight is 260 g/mol. The lowest BCUT2D eigenvalue weighted by Gasteiger charge is -2.27. The van der Waals surface area contributed by atoms with Crippen molar-refractivity contribution >= 4 is 17.5 Å². The Morgan fingerprint density at radius 1 is 1.11 bits per heavy atom. The number of ether oxygens (including phenoxy) is 1. The molecule has 0 amide bonds. The first-order chi connectivity index (χ1) is 8.39. The largest absolute Gasteiger partial charge is 0.446 e. The molecule has 2 aliphatic carbocycles. The molecule has 0 bridgehead atoms. The molecule has 0 spiro atoms. The van der Waals surface area contributed by atoms with Crippen molar-refractivity contribution in [3.8, 4) is 0 Å². The lowest BCUT2D eigenvalue weighted by molar-refractivity contribution is -0.164. The van der Waals surface area contributed by atoms with E-state index in [1.165, 1.54) is 0 Å². The minimum absolute atomic E-state index is 0.0426. The molecular formula is C12H14F2O4. The molecule has 2 aliphatic rings. The number of hydrogen-bond acceptors (Lipinski definition) is 4. The van der Waals surface area contributed by atoms with E-state index in [4.69, 9.17) is 4.74 Å². The highest BCUT2D eigenvalue weighted by molar-refractivity contribution is 6.12. The summed E-state index contributed by atoms with van der Waals surface area (Å²) in [6, 6.07) is 0.